The summed E-state index contributed by atoms with van der Waals surface area (Å²) in [7, 11) is 1.90. The van der Waals surface area contributed by atoms with Crippen molar-refractivity contribution in [1.82, 2.24) is 14.5 Å². The Hall–Kier alpha value is -2.02. The number of aryl methyl sites for hydroxylation is 1. The van der Waals surface area contributed by atoms with Crippen LogP contribution in [0.1, 0.15) is 11.5 Å². The molecule has 4 nitrogen and oxygen atoms in total. The standard InChI is InChI=1S/C10H10N4/c1-7-13-9(6-11)10(14(7)2)8-4-3-5-12-8/h3-5,12H,1-2H3. The maximum Gasteiger partial charge on any atom is 0.168 e. The maximum atomic E-state index is 8.92. The normalized spacial score (nSPS) is 10.1. The molecule has 1 N–H and O–H groups in total. The summed E-state index contributed by atoms with van der Waals surface area (Å²) in [5.74, 6) is 0.839. The van der Waals surface area contributed by atoms with Crippen molar-refractivity contribution >= 4 is 0 Å². The van der Waals surface area contributed by atoms with Crippen molar-refractivity contribution in [2.45, 2.75) is 6.92 Å². The zero-order valence-corrected chi connectivity index (χ0v) is 8.07. The van der Waals surface area contributed by atoms with Gasteiger partial charge in [-0.3, -0.25) is 0 Å². The Bertz CT molecular complexity index is 485. The first-order valence-corrected chi connectivity index (χ1v) is 4.31. The number of nitriles is 1. The van der Waals surface area contributed by atoms with Gasteiger partial charge in [0.25, 0.3) is 0 Å². The quantitative estimate of drug-likeness (QED) is 0.735. The zero-order valence-electron chi connectivity index (χ0n) is 8.07. The molecule has 0 unspecified atom stereocenters. The molecule has 2 rings (SSSR count). The lowest BCUT2D eigenvalue weighted by Crippen LogP contribution is -1.94. The minimum Gasteiger partial charge on any atom is -0.360 e. The van der Waals surface area contributed by atoms with Gasteiger partial charge in [0, 0.05) is 13.2 Å². The molecule has 2 heterocycles. The number of aromatic nitrogens is 3. The lowest BCUT2D eigenvalue weighted by Gasteiger charge is -2.00. The van der Waals surface area contributed by atoms with E-state index in [0.29, 0.717) is 5.69 Å². The predicted molar refractivity (Wildman–Crippen MR) is 52.4 cm³/mol. The highest BCUT2D eigenvalue weighted by molar-refractivity contribution is 5.62. The summed E-state index contributed by atoms with van der Waals surface area (Å²) in [5.41, 5.74) is 2.23. The van der Waals surface area contributed by atoms with Gasteiger partial charge < -0.3 is 9.55 Å². The van der Waals surface area contributed by atoms with Crippen molar-refractivity contribution in [2.24, 2.45) is 7.05 Å². The Labute approximate surface area is 81.8 Å². The van der Waals surface area contributed by atoms with Gasteiger partial charge in [-0.2, -0.15) is 5.26 Å². The van der Waals surface area contributed by atoms with E-state index in [-0.39, 0.29) is 0 Å². The smallest absolute Gasteiger partial charge is 0.168 e. The largest absolute Gasteiger partial charge is 0.360 e. The van der Waals surface area contributed by atoms with Crippen LogP contribution in [0.4, 0.5) is 0 Å². The highest BCUT2D eigenvalue weighted by Crippen LogP contribution is 2.21. The molecule has 0 spiro atoms. The van der Waals surface area contributed by atoms with Crippen LogP contribution in [0, 0.1) is 18.3 Å². The molecule has 0 fully saturated rings. The first-order valence-electron chi connectivity index (χ1n) is 4.31. The van der Waals surface area contributed by atoms with E-state index in [1.165, 1.54) is 0 Å². The van der Waals surface area contributed by atoms with Gasteiger partial charge >= 0.3 is 0 Å². The molecule has 2 aromatic heterocycles. The first kappa shape index (κ1) is 8.57. The highest BCUT2D eigenvalue weighted by atomic mass is 15.1. The van der Waals surface area contributed by atoms with Crippen LogP contribution in [0.25, 0.3) is 11.4 Å². The van der Waals surface area contributed by atoms with Gasteiger partial charge in [0.05, 0.1) is 5.69 Å². The Morgan fingerprint density at radius 1 is 1.57 bits per heavy atom. The van der Waals surface area contributed by atoms with Gasteiger partial charge in [-0.15, -0.1) is 0 Å². The SMILES string of the molecule is Cc1nc(C#N)c(-c2ccc[nH]2)n1C. The third-order valence-electron chi connectivity index (χ3n) is 2.28. The summed E-state index contributed by atoms with van der Waals surface area (Å²) in [5, 5.41) is 8.92. The Kier molecular flexibility index (Phi) is 1.86. The average Bonchev–Trinajstić information content (AvgIpc) is 2.76. The van der Waals surface area contributed by atoms with Gasteiger partial charge in [0.2, 0.25) is 0 Å². The molecule has 0 atom stereocenters. The molecule has 0 saturated carbocycles. The number of imidazole rings is 1. The fourth-order valence-corrected chi connectivity index (χ4v) is 1.47. The number of hydrogen-bond donors (Lipinski definition) is 1. The molecule has 0 aliphatic heterocycles. The lowest BCUT2D eigenvalue weighted by atomic mass is 10.2. The summed E-state index contributed by atoms with van der Waals surface area (Å²) in [6.07, 6.45) is 1.83. The Balaban J connectivity index is 2.69. The molecule has 0 bridgehead atoms. The van der Waals surface area contributed by atoms with Crippen molar-refractivity contribution in [3.05, 3.63) is 29.8 Å². The molecule has 0 radical (unpaired) electrons. The van der Waals surface area contributed by atoms with Crippen LogP contribution in [0.15, 0.2) is 18.3 Å². The van der Waals surface area contributed by atoms with E-state index < -0.39 is 0 Å². The third kappa shape index (κ3) is 1.11. The molecule has 14 heavy (non-hydrogen) atoms. The van der Waals surface area contributed by atoms with Crippen molar-refractivity contribution in [3.63, 3.8) is 0 Å². The maximum absolute atomic E-state index is 8.92. The Morgan fingerprint density at radius 2 is 2.36 bits per heavy atom. The van der Waals surface area contributed by atoms with E-state index in [1.54, 1.807) is 0 Å². The molecular weight excluding hydrogens is 176 g/mol. The van der Waals surface area contributed by atoms with Crippen molar-refractivity contribution in [3.8, 4) is 17.5 Å². The van der Waals surface area contributed by atoms with E-state index in [0.717, 1.165) is 17.2 Å². The van der Waals surface area contributed by atoms with Crippen LogP contribution in [0.2, 0.25) is 0 Å². The van der Waals surface area contributed by atoms with Crippen molar-refractivity contribution in [1.29, 1.82) is 5.26 Å². The number of nitrogens with one attached hydrogen (secondary N) is 1. The van der Waals surface area contributed by atoms with Crippen molar-refractivity contribution in [2.75, 3.05) is 0 Å². The molecular formula is C10H10N4. The number of aromatic amines is 1. The molecule has 0 aliphatic carbocycles. The summed E-state index contributed by atoms with van der Waals surface area (Å²) < 4.78 is 1.91. The zero-order chi connectivity index (χ0) is 10.1. The van der Waals surface area contributed by atoms with Crippen LogP contribution < -0.4 is 0 Å². The highest BCUT2D eigenvalue weighted by Gasteiger charge is 2.13. The summed E-state index contributed by atoms with van der Waals surface area (Å²) in [4.78, 5) is 7.24. The second kappa shape index (κ2) is 3.04. The minimum atomic E-state index is 0.465. The molecule has 0 amide bonds. The topological polar surface area (TPSA) is 57.4 Å². The van der Waals surface area contributed by atoms with Gasteiger partial charge in [0.1, 0.15) is 17.6 Å². The molecule has 0 aliphatic rings. The van der Waals surface area contributed by atoms with Gasteiger partial charge in [-0.05, 0) is 19.1 Å². The van der Waals surface area contributed by atoms with Crippen LogP contribution in [-0.2, 0) is 7.05 Å². The van der Waals surface area contributed by atoms with E-state index in [4.69, 9.17) is 5.26 Å². The van der Waals surface area contributed by atoms with Crippen molar-refractivity contribution < 1.29 is 0 Å². The molecule has 0 aromatic carbocycles. The summed E-state index contributed by atoms with van der Waals surface area (Å²) in [6, 6.07) is 5.92. The fraction of sp³-hybridized carbons (Fsp3) is 0.200. The number of nitrogens with zero attached hydrogens (tertiary/aromatic N) is 3. The monoisotopic (exact) mass is 186 g/mol. The molecule has 4 heteroatoms. The minimum absolute atomic E-state index is 0.465. The summed E-state index contributed by atoms with van der Waals surface area (Å²) >= 11 is 0. The third-order valence-corrected chi connectivity index (χ3v) is 2.28. The number of hydrogen-bond acceptors (Lipinski definition) is 2. The average molecular weight is 186 g/mol. The molecule has 2 aromatic rings. The van der Waals surface area contributed by atoms with E-state index in [9.17, 15) is 0 Å². The Morgan fingerprint density at radius 3 is 2.93 bits per heavy atom. The van der Waals surface area contributed by atoms with Gasteiger partial charge in [-0.1, -0.05) is 0 Å². The fourth-order valence-electron chi connectivity index (χ4n) is 1.47. The van der Waals surface area contributed by atoms with Gasteiger partial charge in [0.15, 0.2) is 5.69 Å². The first-order chi connectivity index (χ1) is 6.74. The molecule has 70 valence electrons. The van der Waals surface area contributed by atoms with Crippen LogP contribution >= 0.6 is 0 Å². The predicted octanol–water partition coefficient (Wildman–Crippen LogP) is 1.60. The van der Waals surface area contributed by atoms with E-state index in [1.807, 2.05) is 36.9 Å². The van der Waals surface area contributed by atoms with E-state index >= 15 is 0 Å². The van der Waals surface area contributed by atoms with Gasteiger partial charge in [-0.25, -0.2) is 4.98 Å². The number of rotatable bonds is 1. The van der Waals surface area contributed by atoms with Crippen LogP contribution in [-0.4, -0.2) is 14.5 Å². The lowest BCUT2D eigenvalue weighted by molar-refractivity contribution is 0.862. The summed E-state index contributed by atoms with van der Waals surface area (Å²) in [6.45, 7) is 1.88. The van der Waals surface area contributed by atoms with Crippen LogP contribution in [0.3, 0.4) is 0 Å². The number of H-pyrrole nitrogens is 1. The van der Waals surface area contributed by atoms with Crippen LogP contribution in [0.5, 0.6) is 0 Å². The van der Waals surface area contributed by atoms with E-state index in [2.05, 4.69) is 16.0 Å². The molecule has 0 saturated heterocycles. The second-order valence-corrected chi connectivity index (χ2v) is 3.11. The second-order valence-electron chi connectivity index (χ2n) is 3.11.